The maximum atomic E-state index is 12.3. The summed E-state index contributed by atoms with van der Waals surface area (Å²) in [4.78, 5) is 22.6. The number of carbonyl (C=O) groups excluding carboxylic acids is 2. The molecule has 0 radical (unpaired) electrons. The van der Waals surface area contributed by atoms with Crippen LogP contribution in [0.25, 0.3) is 0 Å². The zero-order chi connectivity index (χ0) is 16.4. The van der Waals surface area contributed by atoms with E-state index in [4.69, 9.17) is 4.74 Å². The average molecular weight is 298 g/mol. The molecular weight excluding hydrogens is 276 g/mol. The number of ketones is 1. The van der Waals surface area contributed by atoms with Crippen LogP contribution in [0.4, 0.5) is 0 Å². The van der Waals surface area contributed by atoms with Crippen LogP contribution in [0.2, 0.25) is 0 Å². The summed E-state index contributed by atoms with van der Waals surface area (Å²) in [5, 5.41) is 0. The fraction of sp³-hybridized carbons (Fsp3) is 0.263. The molecule has 0 heterocycles. The first-order chi connectivity index (χ1) is 10.6. The van der Waals surface area contributed by atoms with Crippen molar-refractivity contribution in [1.29, 1.82) is 0 Å². The van der Waals surface area contributed by atoms with E-state index in [1.54, 1.807) is 24.3 Å². The molecule has 0 saturated carbocycles. The van der Waals surface area contributed by atoms with Gasteiger partial charge in [0.25, 0.3) is 6.47 Å². The monoisotopic (exact) mass is 298 g/mol. The molecule has 1 aromatic carbocycles. The Morgan fingerprint density at radius 3 is 2.50 bits per heavy atom. The van der Waals surface area contributed by atoms with Gasteiger partial charge in [-0.2, -0.15) is 0 Å². The van der Waals surface area contributed by atoms with Crippen molar-refractivity contribution < 1.29 is 14.3 Å². The maximum absolute atomic E-state index is 12.3. The molecule has 1 aliphatic rings. The fourth-order valence-corrected chi connectivity index (χ4v) is 1.98. The number of benzene rings is 1. The molecule has 3 nitrogen and oxygen atoms in total. The van der Waals surface area contributed by atoms with Crippen LogP contribution >= 0.6 is 0 Å². The summed E-state index contributed by atoms with van der Waals surface area (Å²) in [7, 11) is 0. The highest BCUT2D eigenvalue weighted by Gasteiger charge is 2.20. The lowest BCUT2D eigenvalue weighted by molar-refractivity contribution is -0.130. The Hall–Kier alpha value is -2.42. The Morgan fingerprint density at radius 2 is 1.86 bits per heavy atom. The smallest absolute Gasteiger partial charge is 0.293 e. The van der Waals surface area contributed by atoms with Gasteiger partial charge in [-0.15, -0.1) is 0 Å². The van der Waals surface area contributed by atoms with Gasteiger partial charge < -0.3 is 4.74 Å². The fourth-order valence-electron chi connectivity index (χ4n) is 1.98. The van der Waals surface area contributed by atoms with Crippen molar-refractivity contribution in [3.63, 3.8) is 0 Å². The predicted molar refractivity (Wildman–Crippen MR) is 88.6 cm³/mol. The van der Waals surface area contributed by atoms with Crippen LogP contribution in [0.3, 0.4) is 0 Å². The predicted octanol–water partition coefficient (Wildman–Crippen LogP) is 4.13. The van der Waals surface area contributed by atoms with Gasteiger partial charge in [0.1, 0.15) is 6.61 Å². The molecule has 22 heavy (non-hydrogen) atoms. The maximum Gasteiger partial charge on any atom is 0.293 e. The minimum Gasteiger partial charge on any atom is -0.467 e. The van der Waals surface area contributed by atoms with E-state index in [0.717, 1.165) is 0 Å². The van der Waals surface area contributed by atoms with Crippen LogP contribution in [-0.2, 0) is 9.53 Å². The van der Waals surface area contributed by atoms with Gasteiger partial charge in [0.05, 0.1) is 0 Å². The normalized spacial score (nSPS) is 19.3. The number of hydrogen-bond acceptors (Lipinski definition) is 3. The molecule has 1 unspecified atom stereocenters. The second kappa shape index (κ2) is 8.78. The second-order valence-corrected chi connectivity index (χ2v) is 4.92. The molecule has 0 bridgehead atoms. The zero-order valence-corrected chi connectivity index (χ0v) is 13.3. The minimum absolute atomic E-state index is 0.0212. The van der Waals surface area contributed by atoms with E-state index in [1.165, 1.54) is 0 Å². The van der Waals surface area contributed by atoms with Crippen LogP contribution in [0.1, 0.15) is 31.1 Å². The molecule has 2 rings (SSSR count). The Bertz CT molecular complexity index is 582. The van der Waals surface area contributed by atoms with Crippen LogP contribution < -0.4 is 0 Å². The first-order valence-electron chi connectivity index (χ1n) is 7.38. The van der Waals surface area contributed by atoms with E-state index >= 15 is 0 Å². The van der Waals surface area contributed by atoms with E-state index in [9.17, 15) is 9.59 Å². The van der Waals surface area contributed by atoms with Gasteiger partial charge in [0, 0.05) is 16.6 Å². The van der Waals surface area contributed by atoms with E-state index in [0.29, 0.717) is 17.6 Å². The van der Waals surface area contributed by atoms with Crippen LogP contribution in [0.5, 0.6) is 0 Å². The van der Waals surface area contributed by atoms with E-state index in [1.807, 2.05) is 57.2 Å². The quantitative estimate of drug-likeness (QED) is 0.606. The van der Waals surface area contributed by atoms with Gasteiger partial charge in [0.15, 0.2) is 5.78 Å². The molecule has 0 amide bonds. The van der Waals surface area contributed by atoms with Gasteiger partial charge in [-0.3, -0.25) is 9.59 Å². The van der Waals surface area contributed by atoms with Gasteiger partial charge >= 0.3 is 0 Å². The third-order valence-corrected chi connectivity index (χ3v) is 3.16. The average Bonchev–Trinajstić information content (AvgIpc) is 2.77. The number of Topliss-reactive ketones (excluding diaryl/α,β-unsaturated/α-hetero) is 1. The van der Waals surface area contributed by atoms with Gasteiger partial charge in [0.2, 0.25) is 0 Å². The standard InChI is InChI=1S/C17H16O3.C2H6/c1-17(12-20-13-18)10-5-8-15(9-11-17)16(19)14-6-3-2-4-7-14;1-2/h2-11,13H,12H2,1H3;1-2H3. The Morgan fingerprint density at radius 1 is 1.18 bits per heavy atom. The van der Waals surface area contributed by atoms with Crippen LogP contribution in [0.15, 0.2) is 66.3 Å². The first kappa shape index (κ1) is 17.6. The van der Waals surface area contributed by atoms with E-state index in [-0.39, 0.29) is 12.4 Å². The van der Waals surface area contributed by atoms with Crippen molar-refractivity contribution in [2.45, 2.75) is 20.8 Å². The Balaban J connectivity index is 0.00000116. The summed E-state index contributed by atoms with van der Waals surface area (Å²) >= 11 is 0. The largest absolute Gasteiger partial charge is 0.467 e. The highest BCUT2D eigenvalue weighted by atomic mass is 16.5. The van der Waals surface area contributed by atoms with Crippen molar-refractivity contribution in [1.82, 2.24) is 0 Å². The molecule has 0 fully saturated rings. The molecule has 0 N–H and O–H groups in total. The summed E-state index contributed by atoms with van der Waals surface area (Å²) < 4.78 is 4.82. The molecule has 116 valence electrons. The third-order valence-electron chi connectivity index (χ3n) is 3.16. The van der Waals surface area contributed by atoms with Crippen molar-refractivity contribution in [3.8, 4) is 0 Å². The lowest BCUT2D eigenvalue weighted by Crippen LogP contribution is -2.17. The summed E-state index contributed by atoms with van der Waals surface area (Å²) in [6.45, 7) is 6.62. The van der Waals surface area contributed by atoms with E-state index in [2.05, 4.69) is 0 Å². The Labute approximate surface area is 132 Å². The molecule has 0 aromatic heterocycles. The van der Waals surface area contributed by atoms with Crippen molar-refractivity contribution in [2.24, 2.45) is 5.41 Å². The minimum atomic E-state index is -0.393. The lowest BCUT2D eigenvalue weighted by atomic mass is 9.91. The topological polar surface area (TPSA) is 43.4 Å². The molecule has 3 heteroatoms. The molecule has 0 aliphatic heterocycles. The molecule has 0 spiro atoms. The Kier molecular flexibility index (Phi) is 7.03. The summed E-state index contributed by atoms with van der Waals surface area (Å²) in [6, 6.07) is 9.14. The SMILES string of the molecule is CC.CC1(COC=O)C=CC=C(C(=O)c2ccccc2)C=C1. The van der Waals surface area contributed by atoms with Gasteiger partial charge in [-0.25, -0.2) is 0 Å². The summed E-state index contributed by atoms with van der Waals surface area (Å²) in [6.07, 6.45) is 9.18. The molecule has 1 aromatic rings. The van der Waals surface area contributed by atoms with Crippen molar-refractivity contribution >= 4 is 12.3 Å². The van der Waals surface area contributed by atoms with Crippen molar-refractivity contribution in [3.05, 3.63) is 71.8 Å². The van der Waals surface area contributed by atoms with Crippen molar-refractivity contribution in [2.75, 3.05) is 6.61 Å². The van der Waals surface area contributed by atoms with E-state index < -0.39 is 5.41 Å². The van der Waals surface area contributed by atoms with Gasteiger partial charge in [-0.05, 0) is 6.92 Å². The number of ether oxygens (including phenoxy) is 1. The third kappa shape index (κ3) is 4.85. The zero-order valence-electron chi connectivity index (χ0n) is 13.3. The molecule has 0 saturated heterocycles. The molecule has 1 atom stereocenters. The first-order valence-corrected chi connectivity index (χ1v) is 7.38. The molecule has 1 aliphatic carbocycles. The lowest BCUT2D eigenvalue weighted by Gasteiger charge is -2.19. The molecular formula is C19H22O3. The highest BCUT2D eigenvalue weighted by molar-refractivity contribution is 6.10. The van der Waals surface area contributed by atoms with Crippen LogP contribution in [-0.4, -0.2) is 18.9 Å². The number of hydrogen-bond donors (Lipinski definition) is 0. The summed E-state index contributed by atoms with van der Waals surface area (Å²) in [5.74, 6) is -0.0212. The number of allylic oxidation sites excluding steroid dienone is 4. The van der Waals surface area contributed by atoms with Gasteiger partial charge in [-0.1, -0.05) is 74.6 Å². The number of rotatable bonds is 5. The number of carbonyl (C=O) groups is 2. The second-order valence-electron chi connectivity index (χ2n) is 4.92. The summed E-state index contributed by atoms with van der Waals surface area (Å²) in [5.41, 5.74) is 0.877. The van der Waals surface area contributed by atoms with Crippen LogP contribution in [0, 0.1) is 5.41 Å². The highest BCUT2D eigenvalue weighted by Crippen LogP contribution is 2.25.